The molecule has 0 aliphatic rings. The number of carbonyl (C=O) groups excluding carboxylic acids is 1. The number of nitrogens with one attached hydrogen (secondary N) is 1. The van der Waals surface area contributed by atoms with Gasteiger partial charge in [-0.1, -0.05) is 60.5 Å². The molecule has 6 heteroatoms. The fraction of sp³-hybridized carbons (Fsp3) is 0.190. The van der Waals surface area contributed by atoms with Gasteiger partial charge in [0.25, 0.3) is 5.56 Å². The van der Waals surface area contributed by atoms with E-state index in [1.54, 1.807) is 30.3 Å². The molecule has 0 bridgehead atoms. The fourth-order valence-electron chi connectivity index (χ4n) is 2.77. The van der Waals surface area contributed by atoms with Crippen LogP contribution in [-0.2, 0) is 4.79 Å². The van der Waals surface area contributed by atoms with Crippen molar-refractivity contribution >= 4 is 23.2 Å². The van der Waals surface area contributed by atoms with E-state index in [1.165, 1.54) is 10.7 Å². The van der Waals surface area contributed by atoms with E-state index in [0.29, 0.717) is 22.8 Å². The van der Waals surface area contributed by atoms with Gasteiger partial charge < -0.3 is 5.32 Å². The number of amides is 1. The summed E-state index contributed by atoms with van der Waals surface area (Å²) in [6.07, 6.45) is 0.417. The number of para-hydroxylation sites is 1. The number of hydrogen-bond acceptors (Lipinski definition) is 3. The van der Waals surface area contributed by atoms with E-state index >= 15 is 0 Å². The van der Waals surface area contributed by atoms with Gasteiger partial charge >= 0.3 is 0 Å². The quantitative estimate of drug-likeness (QED) is 0.709. The van der Waals surface area contributed by atoms with Crippen LogP contribution in [0.25, 0.3) is 11.3 Å². The van der Waals surface area contributed by atoms with E-state index in [-0.39, 0.29) is 11.5 Å². The Labute approximate surface area is 162 Å². The van der Waals surface area contributed by atoms with Gasteiger partial charge in [0, 0.05) is 11.6 Å². The third kappa shape index (κ3) is 4.26. The molecule has 1 atom stereocenters. The third-order valence-electron chi connectivity index (χ3n) is 4.29. The molecule has 5 nitrogen and oxygen atoms in total. The average molecular weight is 382 g/mol. The molecule has 3 aromatic rings. The Kier molecular flexibility index (Phi) is 5.72. The molecule has 0 saturated heterocycles. The lowest BCUT2D eigenvalue weighted by Gasteiger charge is -2.18. The van der Waals surface area contributed by atoms with Crippen molar-refractivity contribution in [2.24, 2.45) is 0 Å². The highest BCUT2D eigenvalue weighted by atomic mass is 35.5. The van der Waals surface area contributed by atoms with E-state index in [1.807, 2.05) is 38.1 Å². The van der Waals surface area contributed by atoms with Crippen LogP contribution in [0.5, 0.6) is 0 Å². The standard InChI is InChI=1S/C21H20ClN3O2/c1-3-19(21(27)23-18-7-5-4-6-16(18)22)25-20(26)13-12-17(24-25)15-10-8-14(2)9-11-15/h4-13,19H,3H2,1-2H3,(H,23,27). The number of aryl methyl sites for hydroxylation is 1. The normalized spacial score (nSPS) is 11.8. The highest BCUT2D eigenvalue weighted by Crippen LogP contribution is 2.23. The van der Waals surface area contributed by atoms with Gasteiger partial charge in [0.05, 0.1) is 16.4 Å². The molecule has 0 spiro atoms. The van der Waals surface area contributed by atoms with Crippen molar-refractivity contribution in [3.8, 4) is 11.3 Å². The number of aromatic nitrogens is 2. The lowest BCUT2D eigenvalue weighted by molar-refractivity contribution is -0.119. The average Bonchev–Trinajstić information content (AvgIpc) is 2.66. The summed E-state index contributed by atoms with van der Waals surface area (Å²) < 4.78 is 1.24. The molecule has 0 fully saturated rings. The third-order valence-corrected chi connectivity index (χ3v) is 4.62. The number of carbonyl (C=O) groups is 1. The van der Waals surface area contributed by atoms with E-state index < -0.39 is 6.04 Å². The van der Waals surface area contributed by atoms with Crippen molar-refractivity contribution in [1.82, 2.24) is 9.78 Å². The zero-order valence-corrected chi connectivity index (χ0v) is 15.9. The van der Waals surface area contributed by atoms with Crippen molar-refractivity contribution < 1.29 is 4.79 Å². The maximum atomic E-state index is 12.8. The van der Waals surface area contributed by atoms with E-state index in [0.717, 1.165) is 11.1 Å². The Morgan fingerprint density at radius 1 is 1.11 bits per heavy atom. The molecule has 0 saturated carbocycles. The summed E-state index contributed by atoms with van der Waals surface area (Å²) in [5.74, 6) is -0.332. The maximum absolute atomic E-state index is 12.8. The number of nitrogens with zero attached hydrogens (tertiary/aromatic N) is 2. The molecule has 0 aliphatic heterocycles. The summed E-state index contributed by atoms with van der Waals surface area (Å²) in [5.41, 5.74) is 2.84. The van der Waals surface area contributed by atoms with Crippen LogP contribution in [0.2, 0.25) is 5.02 Å². The monoisotopic (exact) mass is 381 g/mol. The number of anilines is 1. The molecule has 1 aromatic heterocycles. The second-order valence-corrected chi connectivity index (χ2v) is 6.67. The lowest BCUT2D eigenvalue weighted by atomic mass is 10.1. The van der Waals surface area contributed by atoms with Gasteiger partial charge in [-0.2, -0.15) is 5.10 Å². The maximum Gasteiger partial charge on any atom is 0.267 e. The molecule has 138 valence electrons. The van der Waals surface area contributed by atoms with Crippen molar-refractivity contribution in [2.75, 3.05) is 5.32 Å². The van der Waals surface area contributed by atoms with Gasteiger partial charge in [0.15, 0.2) is 0 Å². The van der Waals surface area contributed by atoms with Crippen LogP contribution < -0.4 is 10.9 Å². The highest BCUT2D eigenvalue weighted by molar-refractivity contribution is 6.33. The Hall–Kier alpha value is -2.92. The molecule has 27 heavy (non-hydrogen) atoms. The summed E-state index contributed by atoms with van der Waals surface area (Å²) in [5, 5.41) is 7.66. The van der Waals surface area contributed by atoms with Crippen LogP contribution in [0.15, 0.2) is 65.5 Å². The first-order chi connectivity index (χ1) is 13.0. The summed E-state index contributed by atoms with van der Waals surface area (Å²) in [4.78, 5) is 25.1. The van der Waals surface area contributed by atoms with Gasteiger partial charge in [-0.05, 0) is 31.5 Å². The van der Waals surface area contributed by atoms with Crippen LogP contribution in [0, 0.1) is 6.92 Å². The molecule has 0 radical (unpaired) electrons. The lowest BCUT2D eigenvalue weighted by Crippen LogP contribution is -2.34. The Morgan fingerprint density at radius 3 is 2.48 bits per heavy atom. The first-order valence-corrected chi connectivity index (χ1v) is 9.09. The largest absolute Gasteiger partial charge is 0.323 e. The summed E-state index contributed by atoms with van der Waals surface area (Å²) in [6, 6.07) is 17.2. The van der Waals surface area contributed by atoms with Gasteiger partial charge in [-0.15, -0.1) is 0 Å². The number of halogens is 1. The van der Waals surface area contributed by atoms with Crippen LogP contribution in [0.4, 0.5) is 5.69 Å². The number of rotatable bonds is 5. The van der Waals surface area contributed by atoms with E-state index in [4.69, 9.17) is 11.6 Å². The highest BCUT2D eigenvalue weighted by Gasteiger charge is 2.22. The Morgan fingerprint density at radius 2 is 1.81 bits per heavy atom. The molecule has 1 heterocycles. The minimum Gasteiger partial charge on any atom is -0.323 e. The molecule has 1 amide bonds. The van der Waals surface area contributed by atoms with Gasteiger partial charge in [0.1, 0.15) is 6.04 Å². The molecule has 0 aliphatic carbocycles. The molecular weight excluding hydrogens is 362 g/mol. The van der Waals surface area contributed by atoms with E-state index in [2.05, 4.69) is 10.4 Å². The van der Waals surface area contributed by atoms with Crippen molar-refractivity contribution in [2.45, 2.75) is 26.3 Å². The zero-order chi connectivity index (χ0) is 19.4. The van der Waals surface area contributed by atoms with Crippen LogP contribution in [0.1, 0.15) is 24.9 Å². The van der Waals surface area contributed by atoms with Gasteiger partial charge in [-0.25, -0.2) is 4.68 Å². The summed E-state index contributed by atoms with van der Waals surface area (Å²) >= 11 is 6.11. The van der Waals surface area contributed by atoms with Crippen LogP contribution in [0.3, 0.4) is 0 Å². The van der Waals surface area contributed by atoms with Gasteiger partial charge in [0.2, 0.25) is 5.91 Å². The molecule has 2 aromatic carbocycles. The summed E-state index contributed by atoms with van der Waals surface area (Å²) in [6.45, 7) is 3.84. The van der Waals surface area contributed by atoms with Gasteiger partial charge in [-0.3, -0.25) is 9.59 Å². The summed E-state index contributed by atoms with van der Waals surface area (Å²) in [7, 11) is 0. The Balaban J connectivity index is 1.93. The topological polar surface area (TPSA) is 64.0 Å². The molecule has 3 rings (SSSR count). The molecule has 1 unspecified atom stereocenters. The number of hydrogen-bond donors (Lipinski definition) is 1. The molecular formula is C21H20ClN3O2. The smallest absolute Gasteiger partial charge is 0.267 e. The predicted molar refractivity (Wildman–Crippen MR) is 108 cm³/mol. The second kappa shape index (κ2) is 8.18. The van der Waals surface area contributed by atoms with Crippen molar-refractivity contribution in [3.63, 3.8) is 0 Å². The van der Waals surface area contributed by atoms with Crippen LogP contribution >= 0.6 is 11.6 Å². The SMILES string of the molecule is CCC(C(=O)Nc1ccccc1Cl)n1nc(-c2ccc(C)cc2)ccc1=O. The molecule has 1 N–H and O–H groups in total. The first-order valence-electron chi connectivity index (χ1n) is 8.72. The predicted octanol–water partition coefficient (Wildman–Crippen LogP) is 4.46. The second-order valence-electron chi connectivity index (χ2n) is 6.26. The number of benzene rings is 2. The Bertz CT molecular complexity index is 1010. The fourth-order valence-corrected chi connectivity index (χ4v) is 2.96. The zero-order valence-electron chi connectivity index (χ0n) is 15.1. The van der Waals surface area contributed by atoms with Crippen molar-refractivity contribution in [1.29, 1.82) is 0 Å². The van der Waals surface area contributed by atoms with Crippen molar-refractivity contribution in [3.05, 3.63) is 81.6 Å². The first kappa shape index (κ1) is 18.9. The van der Waals surface area contributed by atoms with E-state index in [9.17, 15) is 9.59 Å². The minimum absolute atomic E-state index is 0.327. The minimum atomic E-state index is -0.737. The van der Waals surface area contributed by atoms with Crippen LogP contribution in [-0.4, -0.2) is 15.7 Å².